The molecule has 0 aromatic carbocycles. The molecule has 5 heteroatoms. The lowest BCUT2D eigenvalue weighted by atomic mass is 9.90. The first-order chi connectivity index (χ1) is 11.9. The molecule has 0 saturated carbocycles. The molecule has 0 aromatic heterocycles. The minimum atomic E-state index is -1.20. The summed E-state index contributed by atoms with van der Waals surface area (Å²) in [6, 6.07) is -0.303. The van der Waals surface area contributed by atoms with Crippen molar-refractivity contribution in [1.29, 1.82) is 0 Å². The third-order valence-corrected chi connectivity index (χ3v) is 4.82. The van der Waals surface area contributed by atoms with Gasteiger partial charge in [-0.3, -0.25) is 9.59 Å². The monoisotopic (exact) mass is 357 g/mol. The number of aliphatic hydroxyl groups is 1. The quantitative estimate of drug-likeness (QED) is 0.269. The van der Waals surface area contributed by atoms with E-state index in [1.165, 1.54) is 51.4 Å². The number of rotatable bonds is 17. The predicted octanol–water partition coefficient (Wildman–Crippen LogP) is 4.06. The molecule has 3 unspecified atom stereocenters. The number of Topliss-reactive ketones (excluding diaryl/α,β-unsaturated/α-hetero) is 1. The van der Waals surface area contributed by atoms with Crippen molar-refractivity contribution < 1.29 is 19.8 Å². The van der Waals surface area contributed by atoms with E-state index >= 15 is 0 Å². The summed E-state index contributed by atoms with van der Waals surface area (Å²) in [7, 11) is 0. The number of carboxylic acids is 1. The molecule has 0 saturated heterocycles. The molecule has 25 heavy (non-hydrogen) atoms. The maximum Gasteiger partial charge on any atom is 0.314 e. The Hall–Kier alpha value is -0.940. The van der Waals surface area contributed by atoms with Crippen molar-refractivity contribution in [3.8, 4) is 0 Å². The van der Waals surface area contributed by atoms with Crippen molar-refractivity contribution in [2.45, 2.75) is 109 Å². The topological polar surface area (TPSA) is 101 Å². The van der Waals surface area contributed by atoms with Crippen LogP contribution in [0.25, 0.3) is 0 Å². The van der Waals surface area contributed by atoms with E-state index < -0.39 is 23.8 Å². The minimum Gasteiger partial charge on any atom is -0.481 e. The Bertz CT molecular complexity index is 360. The first-order valence-electron chi connectivity index (χ1n) is 10.1. The molecule has 0 rings (SSSR count). The highest BCUT2D eigenvalue weighted by Crippen LogP contribution is 2.16. The first kappa shape index (κ1) is 24.1. The highest BCUT2D eigenvalue weighted by atomic mass is 16.4. The molecule has 5 nitrogen and oxygen atoms in total. The van der Waals surface area contributed by atoms with Gasteiger partial charge in [0.05, 0.1) is 0 Å². The summed E-state index contributed by atoms with van der Waals surface area (Å²) in [4.78, 5) is 23.2. The molecule has 0 aliphatic heterocycles. The molecule has 0 spiro atoms. The summed E-state index contributed by atoms with van der Waals surface area (Å²) in [6.07, 6.45) is 12.3. The number of hydrogen-bond donors (Lipinski definition) is 3. The molecular formula is C20H39NO4. The van der Waals surface area contributed by atoms with Crippen LogP contribution in [0.4, 0.5) is 0 Å². The summed E-state index contributed by atoms with van der Waals surface area (Å²) >= 11 is 0. The van der Waals surface area contributed by atoms with Gasteiger partial charge in [-0.15, -0.1) is 0 Å². The minimum absolute atomic E-state index is 0.114. The van der Waals surface area contributed by atoms with Gasteiger partial charge in [-0.2, -0.15) is 0 Å². The van der Waals surface area contributed by atoms with E-state index in [-0.39, 0.29) is 18.9 Å². The zero-order valence-electron chi connectivity index (χ0n) is 16.2. The molecule has 0 bridgehead atoms. The van der Waals surface area contributed by atoms with Gasteiger partial charge in [0.1, 0.15) is 12.0 Å². The second-order valence-corrected chi connectivity index (χ2v) is 7.18. The summed E-state index contributed by atoms with van der Waals surface area (Å²) in [5, 5.41) is 18.8. The Labute approximate surface area is 153 Å². The molecular weight excluding hydrogens is 318 g/mol. The van der Waals surface area contributed by atoms with Crippen LogP contribution in [-0.2, 0) is 9.59 Å². The van der Waals surface area contributed by atoms with Crippen LogP contribution >= 0.6 is 0 Å². The van der Waals surface area contributed by atoms with Crippen LogP contribution in [0.5, 0.6) is 0 Å². The van der Waals surface area contributed by atoms with Gasteiger partial charge < -0.3 is 15.9 Å². The second kappa shape index (κ2) is 15.3. The normalized spacial score (nSPS) is 14.9. The van der Waals surface area contributed by atoms with E-state index in [4.69, 9.17) is 5.73 Å². The summed E-state index contributed by atoms with van der Waals surface area (Å²) in [5.41, 5.74) is 6.00. The molecule has 0 heterocycles. The van der Waals surface area contributed by atoms with Crippen molar-refractivity contribution in [2.24, 2.45) is 11.7 Å². The standard InChI is InChI=1S/C20H39NO4/c1-3-5-6-7-8-9-10-11-12-13-14-16(21)15-17(20(24)25)19(23)18(22)4-2/h16-18,22H,3-15,21H2,1-2H3,(H,24,25). The fourth-order valence-electron chi connectivity index (χ4n) is 3.09. The zero-order chi connectivity index (χ0) is 19.1. The number of nitrogens with two attached hydrogens (primary N) is 1. The molecule has 0 fully saturated rings. The van der Waals surface area contributed by atoms with Crippen LogP contribution in [0.3, 0.4) is 0 Å². The first-order valence-corrected chi connectivity index (χ1v) is 10.1. The van der Waals surface area contributed by atoms with Gasteiger partial charge in [0.2, 0.25) is 0 Å². The number of carbonyl (C=O) groups excluding carboxylic acids is 1. The molecule has 0 aliphatic rings. The van der Waals surface area contributed by atoms with Crippen LogP contribution in [0.2, 0.25) is 0 Å². The average Bonchev–Trinajstić information content (AvgIpc) is 2.59. The number of carbonyl (C=O) groups is 2. The van der Waals surface area contributed by atoms with Crippen molar-refractivity contribution in [1.82, 2.24) is 0 Å². The number of ketones is 1. The van der Waals surface area contributed by atoms with Crippen LogP contribution in [0.1, 0.15) is 97.3 Å². The molecule has 0 aromatic rings. The lowest BCUT2D eigenvalue weighted by Gasteiger charge is -2.18. The van der Waals surface area contributed by atoms with Gasteiger partial charge in [0.25, 0.3) is 0 Å². The van der Waals surface area contributed by atoms with Gasteiger partial charge >= 0.3 is 5.97 Å². The average molecular weight is 358 g/mol. The number of aliphatic carboxylic acids is 1. The van der Waals surface area contributed by atoms with Gasteiger partial charge in [-0.05, 0) is 19.3 Å². The molecule has 148 valence electrons. The molecule has 3 atom stereocenters. The Morgan fingerprint density at radius 2 is 1.36 bits per heavy atom. The van der Waals surface area contributed by atoms with E-state index in [9.17, 15) is 19.8 Å². The Morgan fingerprint density at radius 3 is 1.80 bits per heavy atom. The van der Waals surface area contributed by atoms with Crippen LogP contribution in [0, 0.1) is 5.92 Å². The summed E-state index contributed by atoms with van der Waals surface area (Å²) < 4.78 is 0. The summed E-state index contributed by atoms with van der Waals surface area (Å²) in [6.45, 7) is 3.89. The van der Waals surface area contributed by atoms with Gasteiger partial charge in [0.15, 0.2) is 5.78 Å². The van der Waals surface area contributed by atoms with Crippen molar-refractivity contribution in [2.75, 3.05) is 0 Å². The van der Waals surface area contributed by atoms with E-state index in [0.29, 0.717) is 0 Å². The maximum absolute atomic E-state index is 11.9. The highest BCUT2D eigenvalue weighted by Gasteiger charge is 2.31. The summed E-state index contributed by atoms with van der Waals surface area (Å²) in [5.74, 6) is -2.99. The van der Waals surface area contributed by atoms with Crippen molar-refractivity contribution >= 4 is 11.8 Å². The van der Waals surface area contributed by atoms with Gasteiger partial charge in [-0.1, -0.05) is 78.1 Å². The SMILES string of the molecule is CCCCCCCCCCCCC(N)CC(C(=O)O)C(=O)C(O)CC. The largest absolute Gasteiger partial charge is 0.481 e. The van der Waals surface area contributed by atoms with E-state index in [0.717, 1.165) is 19.3 Å². The molecule has 4 N–H and O–H groups in total. The second-order valence-electron chi connectivity index (χ2n) is 7.18. The Kier molecular flexibility index (Phi) is 14.7. The van der Waals surface area contributed by atoms with Crippen LogP contribution < -0.4 is 5.73 Å². The number of hydrogen-bond acceptors (Lipinski definition) is 4. The maximum atomic E-state index is 11.9. The molecule has 0 aliphatic carbocycles. The third kappa shape index (κ3) is 12.1. The van der Waals surface area contributed by atoms with Crippen LogP contribution in [-0.4, -0.2) is 34.1 Å². The Morgan fingerprint density at radius 1 is 0.880 bits per heavy atom. The van der Waals surface area contributed by atoms with Crippen molar-refractivity contribution in [3.05, 3.63) is 0 Å². The smallest absolute Gasteiger partial charge is 0.314 e. The van der Waals surface area contributed by atoms with Crippen LogP contribution in [0.15, 0.2) is 0 Å². The van der Waals surface area contributed by atoms with E-state index in [1.54, 1.807) is 6.92 Å². The third-order valence-electron chi connectivity index (χ3n) is 4.82. The van der Waals surface area contributed by atoms with E-state index in [1.807, 2.05) is 0 Å². The van der Waals surface area contributed by atoms with Gasteiger partial charge in [-0.25, -0.2) is 0 Å². The number of aliphatic hydroxyl groups excluding tert-OH is 1. The lowest BCUT2D eigenvalue weighted by Crippen LogP contribution is -2.37. The molecule has 0 radical (unpaired) electrons. The number of unbranched alkanes of at least 4 members (excludes halogenated alkanes) is 9. The lowest BCUT2D eigenvalue weighted by molar-refractivity contribution is -0.149. The fourth-order valence-corrected chi connectivity index (χ4v) is 3.09. The molecule has 0 amide bonds. The number of carboxylic acid groups (broad SMARTS) is 1. The Balaban J connectivity index is 3.81. The predicted molar refractivity (Wildman–Crippen MR) is 101 cm³/mol. The highest BCUT2D eigenvalue weighted by molar-refractivity contribution is 6.00. The van der Waals surface area contributed by atoms with Crippen molar-refractivity contribution in [3.63, 3.8) is 0 Å². The van der Waals surface area contributed by atoms with E-state index in [2.05, 4.69) is 6.92 Å². The van der Waals surface area contributed by atoms with Gasteiger partial charge in [0, 0.05) is 6.04 Å². The zero-order valence-corrected chi connectivity index (χ0v) is 16.2. The fraction of sp³-hybridized carbons (Fsp3) is 0.900.